The fourth-order valence-electron chi connectivity index (χ4n) is 6.40. The third-order valence-electron chi connectivity index (χ3n) is 7.36. The van der Waals surface area contributed by atoms with Crippen LogP contribution in [0.15, 0.2) is 18.2 Å². The molecule has 1 aromatic rings. The molecular weight excluding hydrogens is 413 g/mol. The quantitative estimate of drug-likeness (QED) is 0.556. The number of carbonyl (C=O) groups excluding carboxylic acids is 1. The molecule has 4 bridgehead atoms. The van der Waals surface area contributed by atoms with Gasteiger partial charge < -0.3 is 10.6 Å². The maximum atomic E-state index is 13.0. The van der Waals surface area contributed by atoms with Crippen molar-refractivity contribution in [2.75, 3.05) is 11.9 Å². The lowest BCUT2D eigenvalue weighted by atomic mass is 9.49. The van der Waals surface area contributed by atoms with E-state index in [4.69, 9.17) is 11.6 Å². The van der Waals surface area contributed by atoms with Gasteiger partial charge in [-0.15, -0.1) is 0 Å². The zero-order chi connectivity index (χ0) is 21.7. The largest absolute Gasteiger partial charge is 0.416 e. The summed E-state index contributed by atoms with van der Waals surface area (Å²) in [5.74, 6) is 2.30. The number of benzene rings is 1. The molecule has 0 heterocycles. The first-order valence-electron chi connectivity index (χ1n) is 11.0. The van der Waals surface area contributed by atoms with Gasteiger partial charge in [-0.2, -0.15) is 13.2 Å². The van der Waals surface area contributed by atoms with E-state index in [9.17, 15) is 18.0 Å². The summed E-state index contributed by atoms with van der Waals surface area (Å²) in [6.07, 6.45) is 3.26. The van der Waals surface area contributed by atoms with Crippen LogP contribution < -0.4 is 10.6 Å². The maximum Gasteiger partial charge on any atom is 0.416 e. The summed E-state index contributed by atoms with van der Waals surface area (Å²) >= 11 is 6.08. The van der Waals surface area contributed by atoms with Crippen molar-refractivity contribution in [2.24, 2.45) is 29.1 Å². The molecule has 4 saturated carbocycles. The molecule has 0 spiro atoms. The topological polar surface area (TPSA) is 41.1 Å². The molecule has 4 aliphatic carbocycles. The number of amides is 1. The highest BCUT2D eigenvalue weighted by atomic mass is 35.5. The van der Waals surface area contributed by atoms with Gasteiger partial charge in [0.2, 0.25) is 5.91 Å². The first-order valence-corrected chi connectivity index (χ1v) is 11.3. The molecule has 5 rings (SSSR count). The van der Waals surface area contributed by atoms with Crippen LogP contribution in [0.2, 0.25) is 5.02 Å². The van der Waals surface area contributed by atoms with Crippen LogP contribution in [-0.2, 0) is 11.0 Å². The Bertz CT molecular complexity index is 773. The zero-order valence-corrected chi connectivity index (χ0v) is 18.2. The van der Waals surface area contributed by atoms with Gasteiger partial charge in [0.05, 0.1) is 16.3 Å². The highest BCUT2D eigenvalue weighted by molar-refractivity contribution is 6.33. The molecule has 0 unspecified atom stereocenters. The van der Waals surface area contributed by atoms with E-state index in [1.807, 2.05) is 13.8 Å². The summed E-state index contributed by atoms with van der Waals surface area (Å²) < 4.78 is 38.7. The summed E-state index contributed by atoms with van der Waals surface area (Å²) in [6, 6.07) is 2.62. The SMILES string of the molecule is CC(C)[C@@H](Nc1ccc(C(F)(F)F)cc1Cl)C(=O)NCC12CC3CC(CC(C3)C1)C2. The fraction of sp³-hybridized carbons (Fsp3) is 0.696. The van der Waals surface area contributed by atoms with Gasteiger partial charge in [0, 0.05) is 6.54 Å². The highest BCUT2D eigenvalue weighted by Gasteiger charge is 2.50. The summed E-state index contributed by atoms with van der Waals surface area (Å²) in [6.45, 7) is 4.53. The van der Waals surface area contributed by atoms with Crippen molar-refractivity contribution in [2.45, 2.75) is 64.6 Å². The van der Waals surface area contributed by atoms with Crippen molar-refractivity contribution in [3.05, 3.63) is 28.8 Å². The number of rotatable bonds is 6. The number of hydrogen-bond donors (Lipinski definition) is 2. The van der Waals surface area contributed by atoms with Gasteiger partial charge in [0.25, 0.3) is 0 Å². The Morgan fingerprint density at radius 2 is 1.70 bits per heavy atom. The molecule has 0 aromatic heterocycles. The molecule has 4 aliphatic rings. The number of alkyl halides is 3. The molecule has 1 aromatic carbocycles. The van der Waals surface area contributed by atoms with Crippen LogP contribution >= 0.6 is 11.6 Å². The maximum absolute atomic E-state index is 13.0. The molecule has 30 heavy (non-hydrogen) atoms. The van der Waals surface area contributed by atoms with Gasteiger partial charge in [-0.05, 0) is 85.8 Å². The normalized spacial score (nSPS) is 31.1. The molecule has 1 amide bonds. The minimum Gasteiger partial charge on any atom is -0.372 e. The van der Waals surface area contributed by atoms with E-state index >= 15 is 0 Å². The lowest BCUT2D eigenvalue weighted by Crippen LogP contribution is -2.53. The lowest BCUT2D eigenvalue weighted by molar-refractivity contribution is -0.137. The Balaban J connectivity index is 1.41. The van der Waals surface area contributed by atoms with Crippen LogP contribution in [0.4, 0.5) is 18.9 Å². The fourth-order valence-corrected chi connectivity index (χ4v) is 6.64. The van der Waals surface area contributed by atoms with Crippen LogP contribution in [0.25, 0.3) is 0 Å². The van der Waals surface area contributed by atoms with Crippen molar-refractivity contribution in [3.8, 4) is 0 Å². The second-order valence-corrected chi connectivity index (χ2v) is 10.6. The van der Waals surface area contributed by atoms with Crippen LogP contribution in [-0.4, -0.2) is 18.5 Å². The Hall–Kier alpha value is -1.43. The second-order valence-electron chi connectivity index (χ2n) is 10.2. The van der Waals surface area contributed by atoms with Crippen molar-refractivity contribution in [3.63, 3.8) is 0 Å². The lowest BCUT2D eigenvalue weighted by Gasteiger charge is -2.57. The first-order chi connectivity index (χ1) is 14.0. The number of anilines is 1. The number of nitrogens with one attached hydrogen (secondary N) is 2. The van der Waals surface area contributed by atoms with Gasteiger partial charge in [-0.3, -0.25) is 4.79 Å². The van der Waals surface area contributed by atoms with Crippen molar-refractivity contribution >= 4 is 23.2 Å². The molecule has 3 nitrogen and oxygen atoms in total. The predicted octanol–water partition coefficient (Wildman–Crippen LogP) is 6.13. The molecule has 2 N–H and O–H groups in total. The van der Waals surface area contributed by atoms with E-state index in [1.165, 1.54) is 44.6 Å². The van der Waals surface area contributed by atoms with Crippen LogP contribution in [0.1, 0.15) is 57.9 Å². The number of hydrogen-bond acceptors (Lipinski definition) is 2. The average molecular weight is 443 g/mol. The van der Waals surface area contributed by atoms with E-state index in [-0.39, 0.29) is 22.3 Å². The van der Waals surface area contributed by atoms with Gasteiger partial charge in [0.15, 0.2) is 0 Å². The molecule has 0 radical (unpaired) electrons. The van der Waals surface area contributed by atoms with Gasteiger partial charge in [-0.25, -0.2) is 0 Å². The first kappa shape index (κ1) is 21.8. The smallest absolute Gasteiger partial charge is 0.372 e. The molecular formula is C23H30ClF3N2O. The average Bonchev–Trinajstić information content (AvgIpc) is 2.63. The van der Waals surface area contributed by atoms with E-state index in [0.29, 0.717) is 12.2 Å². The molecule has 0 aliphatic heterocycles. The van der Waals surface area contributed by atoms with Crippen molar-refractivity contribution < 1.29 is 18.0 Å². The number of halogens is 4. The minimum atomic E-state index is -4.45. The molecule has 1 atom stereocenters. The van der Waals surface area contributed by atoms with E-state index < -0.39 is 17.8 Å². The van der Waals surface area contributed by atoms with E-state index in [0.717, 1.165) is 29.9 Å². The van der Waals surface area contributed by atoms with Gasteiger partial charge >= 0.3 is 6.18 Å². The minimum absolute atomic E-state index is 0.0376. The molecule has 7 heteroatoms. The molecule has 0 saturated heterocycles. The Labute approximate surface area is 181 Å². The monoisotopic (exact) mass is 442 g/mol. The standard InChI is InChI=1S/C23H30ClF3N2O/c1-13(2)20(29-19-4-3-17(8-18(19)24)23(25,26)27)21(30)28-12-22-9-14-5-15(10-22)7-16(6-14)11-22/h3-4,8,13-16,20,29H,5-7,9-12H2,1-2H3,(H,28,30)/t14?,15?,16?,20-,22?/m1/s1. The summed E-state index contributed by atoms with van der Waals surface area (Å²) in [5, 5.41) is 6.21. The van der Waals surface area contributed by atoms with E-state index in [1.54, 1.807) is 0 Å². The summed E-state index contributed by atoms with van der Waals surface area (Å²) in [4.78, 5) is 13.0. The number of carbonyl (C=O) groups is 1. The van der Waals surface area contributed by atoms with Gasteiger partial charge in [0.1, 0.15) is 6.04 Å². The van der Waals surface area contributed by atoms with Crippen molar-refractivity contribution in [1.82, 2.24) is 5.32 Å². The zero-order valence-electron chi connectivity index (χ0n) is 17.5. The predicted molar refractivity (Wildman–Crippen MR) is 112 cm³/mol. The van der Waals surface area contributed by atoms with Gasteiger partial charge in [-0.1, -0.05) is 25.4 Å². The third kappa shape index (κ3) is 4.44. The second kappa shape index (κ2) is 7.92. The third-order valence-corrected chi connectivity index (χ3v) is 7.67. The molecule has 166 valence electrons. The van der Waals surface area contributed by atoms with E-state index in [2.05, 4.69) is 10.6 Å². The Morgan fingerprint density at radius 3 is 2.17 bits per heavy atom. The summed E-state index contributed by atoms with van der Waals surface area (Å²) in [7, 11) is 0. The Kier molecular flexibility index (Phi) is 5.75. The van der Waals surface area contributed by atoms with Crippen LogP contribution in [0, 0.1) is 29.1 Å². The Morgan fingerprint density at radius 1 is 1.13 bits per heavy atom. The van der Waals surface area contributed by atoms with Crippen LogP contribution in [0.3, 0.4) is 0 Å². The van der Waals surface area contributed by atoms with Crippen LogP contribution in [0.5, 0.6) is 0 Å². The summed E-state index contributed by atoms with van der Waals surface area (Å²) in [5.41, 5.74) is -0.225. The van der Waals surface area contributed by atoms with Crippen molar-refractivity contribution in [1.29, 1.82) is 0 Å². The highest BCUT2D eigenvalue weighted by Crippen LogP contribution is 2.59. The molecule has 4 fully saturated rings.